The highest BCUT2D eigenvalue weighted by molar-refractivity contribution is 7.91. The first-order chi connectivity index (χ1) is 10.4. The zero-order chi connectivity index (χ0) is 16.2. The molecule has 1 fully saturated rings. The summed E-state index contributed by atoms with van der Waals surface area (Å²) in [5.74, 6) is 1.22. The highest BCUT2D eigenvalue weighted by atomic mass is 35.5. The van der Waals surface area contributed by atoms with Crippen molar-refractivity contribution in [1.29, 1.82) is 0 Å². The van der Waals surface area contributed by atoms with Crippen molar-refractivity contribution in [2.75, 3.05) is 26.2 Å². The monoisotopic (exact) mass is 364 g/mol. The molecule has 1 aromatic heterocycles. The van der Waals surface area contributed by atoms with Gasteiger partial charge in [0.25, 0.3) is 0 Å². The molecule has 1 aliphatic heterocycles. The van der Waals surface area contributed by atoms with E-state index in [9.17, 15) is 8.42 Å². The van der Waals surface area contributed by atoms with Crippen molar-refractivity contribution in [3.8, 4) is 0 Å². The maximum Gasteiger partial charge on any atom is 0.250 e. The fourth-order valence-corrected chi connectivity index (χ4v) is 4.75. The van der Waals surface area contributed by atoms with Crippen LogP contribution in [0.15, 0.2) is 21.3 Å². The normalized spacial score (nSPS) is 17.9. The van der Waals surface area contributed by atoms with Gasteiger partial charge in [-0.05, 0) is 30.9 Å². The predicted octanol–water partition coefficient (Wildman–Crippen LogP) is 1.73. The Morgan fingerprint density at radius 3 is 2.77 bits per heavy atom. The molecular formula is C13H21ClN4O2S2. The van der Waals surface area contributed by atoms with Crippen LogP contribution in [0.1, 0.15) is 19.8 Å². The lowest BCUT2D eigenvalue weighted by Gasteiger charge is -2.31. The Morgan fingerprint density at radius 1 is 1.50 bits per heavy atom. The van der Waals surface area contributed by atoms with Crippen LogP contribution >= 0.6 is 22.9 Å². The average molecular weight is 365 g/mol. The molecule has 0 unspecified atom stereocenters. The number of rotatable bonds is 5. The number of halogens is 1. The minimum Gasteiger partial charge on any atom is -0.370 e. The first-order valence-corrected chi connectivity index (χ1v) is 9.86. The molecule has 1 saturated heterocycles. The van der Waals surface area contributed by atoms with Gasteiger partial charge < -0.3 is 10.6 Å². The summed E-state index contributed by atoms with van der Waals surface area (Å²) >= 11 is 6.78. The lowest BCUT2D eigenvalue weighted by atomic mass is 10.00. The summed E-state index contributed by atoms with van der Waals surface area (Å²) < 4.78 is 27.1. The Labute approximate surface area is 140 Å². The second-order valence-corrected chi connectivity index (χ2v) is 9.07. The highest BCUT2D eigenvalue weighted by Gasteiger charge is 2.17. The number of nitrogens with one attached hydrogen (secondary N) is 1. The standard InChI is InChI=1S/C13H21ClN4O2S2/c1-10-4-8-18(9-5-10)13(15)16-6-7-17-22(19,20)12-3-2-11(14)21-12/h2-3,10,17H,4-9H2,1H3,(H2,15,16). The van der Waals surface area contributed by atoms with E-state index in [4.69, 9.17) is 17.3 Å². The lowest BCUT2D eigenvalue weighted by Crippen LogP contribution is -2.42. The Hall–Kier alpha value is -0.830. The fraction of sp³-hybridized carbons (Fsp3) is 0.615. The molecule has 1 aromatic rings. The topological polar surface area (TPSA) is 87.8 Å². The maximum atomic E-state index is 12.0. The van der Waals surface area contributed by atoms with E-state index in [1.165, 1.54) is 6.07 Å². The van der Waals surface area contributed by atoms with E-state index in [1.807, 2.05) is 4.90 Å². The second kappa shape index (κ2) is 7.63. The van der Waals surface area contributed by atoms with E-state index in [1.54, 1.807) is 6.07 Å². The minimum atomic E-state index is -3.51. The van der Waals surface area contributed by atoms with Gasteiger partial charge in [0.05, 0.1) is 10.9 Å². The molecule has 124 valence electrons. The third-order valence-electron chi connectivity index (χ3n) is 3.60. The summed E-state index contributed by atoms with van der Waals surface area (Å²) in [6.07, 6.45) is 2.23. The second-order valence-electron chi connectivity index (χ2n) is 5.37. The molecule has 0 spiro atoms. The summed E-state index contributed by atoms with van der Waals surface area (Å²) in [5, 5.41) is 0. The van der Waals surface area contributed by atoms with Gasteiger partial charge in [-0.25, -0.2) is 13.1 Å². The van der Waals surface area contributed by atoms with E-state index in [0.29, 0.717) is 16.8 Å². The molecule has 1 aliphatic rings. The van der Waals surface area contributed by atoms with Crippen molar-refractivity contribution < 1.29 is 8.42 Å². The first-order valence-electron chi connectivity index (χ1n) is 7.18. The van der Waals surface area contributed by atoms with Crippen LogP contribution < -0.4 is 10.5 Å². The van der Waals surface area contributed by atoms with Crippen LogP contribution in [0, 0.1) is 5.92 Å². The van der Waals surface area contributed by atoms with Gasteiger partial charge >= 0.3 is 0 Å². The number of piperidine rings is 1. The van der Waals surface area contributed by atoms with E-state index >= 15 is 0 Å². The Kier molecular flexibility index (Phi) is 6.08. The van der Waals surface area contributed by atoms with Crippen molar-refractivity contribution in [2.45, 2.75) is 24.0 Å². The number of likely N-dealkylation sites (tertiary alicyclic amines) is 1. The number of thiophene rings is 1. The predicted molar refractivity (Wildman–Crippen MR) is 91.0 cm³/mol. The van der Waals surface area contributed by atoms with Crippen LogP contribution in [0.3, 0.4) is 0 Å². The number of nitrogens with two attached hydrogens (primary N) is 1. The van der Waals surface area contributed by atoms with E-state index in [2.05, 4.69) is 16.6 Å². The zero-order valence-electron chi connectivity index (χ0n) is 12.5. The van der Waals surface area contributed by atoms with Gasteiger partial charge in [-0.3, -0.25) is 4.99 Å². The molecular weight excluding hydrogens is 344 g/mol. The van der Waals surface area contributed by atoms with Gasteiger partial charge in [0.1, 0.15) is 4.21 Å². The first kappa shape index (κ1) is 17.5. The summed E-state index contributed by atoms with van der Waals surface area (Å²) in [4.78, 5) is 6.29. The summed E-state index contributed by atoms with van der Waals surface area (Å²) in [6, 6.07) is 3.05. The molecule has 2 rings (SSSR count). The number of aliphatic imine (C=N–C) groups is 1. The summed E-state index contributed by atoms with van der Waals surface area (Å²) in [5.41, 5.74) is 5.94. The van der Waals surface area contributed by atoms with Crippen LogP contribution in [-0.2, 0) is 10.0 Å². The zero-order valence-corrected chi connectivity index (χ0v) is 14.8. The molecule has 0 aliphatic carbocycles. The van der Waals surface area contributed by atoms with Gasteiger partial charge in [0.15, 0.2) is 5.96 Å². The van der Waals surface area contributed by atoms with Crippen molar-refractivity contribution in [3.63, 3.8) is 0 Å². The Morgan fingerprint density at radius 2 is 2.18 bits per heavy atom. The Balaban J connectivity index is 1.79. The summed E-state index contributed by atoms with van der Waals surface area (Å²) in [6.45, 7) is 4.58. The molecule has 0 aromatic carbocycles. The molecule has 0 atom stereocenters. The van der Waals surface area contributed by atoms with Crippen molar-refractivity contribution in [2.24, 2.45) is 16.6 Å². The van der Waals surface area contributed by atoms with Gasteiger partial charge in [-0.15, -0.1) is 11.3 Å². The van der Waals surface area contributed by atoms with E-state index < -0.39 is 10.0 Å². The van der Waals surface area contributed by atoms with Crippen molar-refractivity contribution in [1.82, 2.24) is 9.62 Å². The van der Waals surface area contributed by atoms with Crippen LogP contribution in [0.4, 0.5) is 0 Å². The molecule has 0 amide bonds. The van der Waals surface area contributed by atoms with E-state index in [0.717, 1.165) is 43.2 Å². The van der Waals surface area contributed by atoms with E-state index in [-0.39, 0.29) is 10.8 Å². The summed E-state index contributed by atoms with van der Waals surface area (Å²) in [7, 11) is -3.51. The number of guanidine groups is 1. The van der Waals surface area contributed by atoms with Crippen LogP contribution in [-0.4, -0.2) is 45.5 Å². The third-order valence-corrected chi connectivity index (χ3v) is 6.78. The molecule has 0 radical (unpaired) electrons. The van der Waals surface area contributed by atoms with Gasteiger partial charge in [-0.1, -0.05) is 18.5 Å². The molecule has 0 bridgehead atoms. The fourth-order valence-electron chi connectivity index (χ4n) is 2.20. The number of hydrogen-bond acceptors (Lipinski definition) is 4. The van der Waals surface area contributed by atoms with Gasteiger partial charge in [0.2, 0.25) is 10.0 Å². The average Bonchev–Trinajstić information content (AvgIpc) is 2.92. The number of sulfonamides is 1. The van der Waals surface area contributed by atoms with Crippen LogP contribution in [0.5, 0.6) is 0 Å². The quantitative estimate of drug-likeness (QED) is 0.473. The van der Waals surface area contributed by atoms with Crippen molar-refractivity contribution in [3.05, 3.63) is 16.5 Å². The smallest absolute Gasteiger partial charge is 0.250 e. The lowest BCUT2D eigenvalue weighted by molar-refractivity contribution is 0.277. The molecule has 2 heterocycles. The molecule has 22 heavy (non-hydrogen) atoms. The molecule has 6 nitrogen and oxygen atoms in total. The van der Waals surface area contributed by atoms with Gasteiger partial charge in [0, 0.05) is 19.6 Å². The molecule has 3 N–H and O–H groups in total. The van der Waals surface area contributed by atoms with Crippen LogP contribution in [0.25, 0.3) is 0 Å². The number of hydrogen-bond donors (Lipinski definition) is 2. The highest BCUT2D eigenvalue weighted by Crippen LogP contribution is 2.25. The minimum absolute atomic E-state index is 0.208. The van der Waals surface area contributed by atoms with Crippen molar-refractivity contribution >= 4 is 38.9 Å². The molecule has 0 saturated carbocycles. The molecule has 9 heteroatoms. The van der Waals surface area contributed by atoms with Gasteiger partial charge in [-0.2, -0.15) is 0 Å². The maximum absolute atomic E-state index is 12.0. The largest absolute Gasteiger partial charge is 0.370 e. The van der Waals surface area contributed by atoms with Crippen LogP contribution in [0.2, 0.25) is 4.34 Å². The number of nitrogens with zero attached hydrogens (tertiary/aromatic N) is 2. The third kappa shape index (κ3) is 4.84. The Bertz CT molecular complexity index is 622. The SMILES string of the molecule is CC1CCN(C(N)=NCCNS(=O)(=O)c2ccc(Cl)s2)CC1.